The molecule has 52 heavy (non-hydrogen) atoms. The third-order valence-corrected chi connectivity index (χ3v) is 9.55. The fraction of sp³-hybridized carbons (Fsp3) is 0.333. The van der Waals surface area contributed by atoms with Gasteiger partial charge in [0.15, 0.2) is 17.5 Å². The van der Waals surface area contributed by atoms with Gasteiger partial charge in [-0.15, -0.1) is 0 Å². The summed E-state index contributed by atoms with van der Waals surface area (Å²) in [5, 5.41) is 3.31. The first-order valence-electron chi connectivity index (χ1n) is 16.7. The van der Waals surface area contributed by atoms with Gasteiger partial charge in [0.25, 0.3) is 0 Å². The fourth-order valence-electron chi connectivity index (χ4n) is 5.88. The van der Waals surface area contributed by atoms with Crippen molar-refractivity contribution in [3.05, 3.63) is 123 Å². The van der Waals surface area contributed by atoms with Gasteiger partial charge in [0.05, 0.1) is 29.8 Å². The molecule has 0 saturated carbocycles. The van der Waals surface area contributed by atoms with Crippen molar-refractivity contribution in [2.45, 2.75) is 44.6 Å². The van der Waals surface area contributed by atoms with Gasteiger partial charge in [0.2, 0.25) is 0 Å². The van der Waals surface area contributed by atoms with Gasteiger partial charge in [-0.05, 0) is 72.5 Å². The Kier molecular flexibility index (Phi) is 13.3. The van der Waals surface area contributed by atoms with Gasteiger partial charge in [-0.2, -0.15) is 0 Å². The monoisotopic (exact) mass is 749 g/mol. The molecule has 1 aliphatic heterocycles. The van der Waals surface area contributed by atoms with E-state index in [0.717, 1.165) is 13.0 Å². The minimum atomic E-state index is -1.08. The first-order valence-corrected chi connectivity index (χ1v) is 17.5. The van der Waals surface area contributed by atoms with Gasteiger partial charge in [0, 0.05) is 25.4 Å². The SMILES string of the molecule is COc1ccc(C(Cc2c(Cl)cncc2Cl)OC(=O)c2cccc(COC(=O)NC(C(=O)O[C@H]3CN(C)CCC3C)c3ccccc3)c2)cc1OC. The summed E-state index contributed by atoms with van der Waals surface area (Å²) in [4.78, 5) is 46.2. The van der Waals surface area contributed by atoms with Crippen LogP contribution in [0.1, 0.15) is 58.1 Å². The average molecular weight is 751 g/mol. The summed E-state index contributed by atoms with van der Waals surface area (Å²) in [7, 11) is 5.02. The number of likely N-dealkylation sites (N-methyl/N-ethyl adjacent to an activating group) is 1. The number of rotatable bonds is 13. The summed E-state index contributed by atoms with van der Waals surface area (Å²) in [5.41, 5.74) is 2.46. The number of benzene rings is 3. The van der Waals surface area contributed by atoms with Crippen molar-refractivity contribution < 1.29 is 38.1 Å². The molecule has 3 aromatic carbocycles. The molecule has 1 saturated heterocycles. The van der Waals surface area contributed by atoms with Crippen molar-refractivity contribution in [3.63, 3.8) is 0 Å². The van der Waals surface area contributed by atoms with Crippen molar-refractivity contribution in [2.75, 3.05) is 34.4 Å². The number of piperidine rings is 1. The van der Waals surface area contributed by atoms with E-state index in [9.17, 15) is 14.4 Å². The summed E-state index contributed by atoms with van der Waals surface area (Å²) >= 11 is 12.9. The lowest BCUT2D eigenvalue weighted by atomic mass is 9.96. The molecule has 0 aliphatic carbocycles. The van der Waals surface area contributed by atoms with E-state index in [-0.39, 0.29) is 30.6 Å². The van der Waals surface area contributed by atoms with Crippen LogP contribution < -0.4 is 14.8 Å². The Labute approximate surface area is 313 Å². The molecule has 0 spiro atoms. The van der Waals surface area contributed by atoms with Crippen molar-refractivity contribution in [2.24, 2.45) is 5.92 Å². The second-order valence-electron chi connectivity index (χ2n) is 12.6. The molecule has 1 aromatic heterocycles. The number of aromatic nitrogens is 1. The number of halogens is 2. The number of carbonyl (C=O) groups excluding carboxylic acids is 3. The minimum absolute atomic E-state index is 0.145. The molecule has 1 aliphatic rings. The van der Waals surface area contributed by atoms with Crippen LogP contribution in [0.15, 0.2) is 85.2 Å². The van der Waals surface area contributed by atoms with E-state index in [1.165, 1.54) is 26.6 Å². The van der Waals surface area contributed by atoms with Crippen LogP contribution in [-0.4, -0.2) is 68.4 Å². The maximum absolute atomic E-state index is 13.6. The number of nitrogens with one attached hydrogen (secondary N) is 1. The Morgan fingerprint density at radius 1 is 0.923 bits per heavy atom. The molecule has 3 unspecified atom stereocenters. The number of carbonyl (C=O) groups is 3. The van der Waals surface area contributed by atoms with Gasteiger partial charge in [0.1, 0.15) is 18.8 Å². The van der Waals surface area contributed by atoms with Crippen LogP contribution in [-0.2, 0) is 32.0 Å². The second kappa shape index (κ2) is 18.1. The fourth-order valence-corrected chi connectivity index (χ4v) is 6.39. The zero-order valence-electron chi connectivity index (χ0n) is 29.3. The Hall–Kier alpha value is -4.84. The zero-order chi connectivity index (χ0) is 37.2. The molecule has 4 aromatic rings. The Bertz CT molecular complexity index is 1840. The number of esters is 2. The number of alkyl carbamates (subject to hydrolysis) is 1. The molecule has 1 N–H and O–H groups in total. The van der Waals surface area contributed by atoms with Crippen LogP contribution in [0.4, 0.5) is 4.79 Å². The predicted molar refractivity (Wildman–Crippen MR) is 196 cm³/mol. The molecule has 0 radical (unpaired) electrons. The van der Waals surface area contributed by atoms with Crippen LogP contribution in [0, 0.1) is 5.92 Å². The number of ether oxygens (including phenoxy) is 5. The third-order valence-electron chi connectivity index (χ3n) is 8.89. The van der Waals surface area contributed by atoms with Gasteiger partial charge in [-0.3, -0.25) is 4.98 Å². The standard InChI is InChI=1S/C39H41Cl2N3O8/c1-24-15-16-44(2)22-35(24)52-38(46)36(26-10-6-5-7-11-26)43-39(47)50-23-25-9-8-12-28(17-25)37(45)51-33(19-29-30(40)20-42-21-31(29)41)27-13-14-32(48-3)34(18-27)49-4/h5-14,17-18,20-21,24,33,35-36H,15-16,19,22-23H2,1-4H3,(H,43,47)/t24?,33?,35-,36?/m0/s1. The molecule has 11 nitrogen and oxygen atoms in total. The number of hydrogen-bond acceptors (Lipinski definition) is 10. The first-order chi connectivity index (χ1) is 25.1. The second-order valence-corrected chi connectivity index (χ2v) is 13.4. The van der Waals surface area contributed by atoms with E-state index >= 15 is 0 Å². The lowest BCUT2D eigenvalue weighted by molar-refractivity contribution is -0.157. The maximum atomic E-state index is 13.6. The molecule has 13 heteroatoms. The van der Waals surface area contributed by atoms with Crippen LogP contribution in [0.2, 0.25) is 10.0 Å². The largest absolute Gasteiger partial charge is 0.493 e. The van der Waals surface area contributed by atoms with Crippen LogP contribution in [0.5, 0.6) is 11.5 Å². The van der Waals surface area contributed by atoms with E-state index in [0.29, 0.717) is 50.3 Å². The highest BCUT2D eigenvalue weighted by molar-refractivity contribution is 6.35. The summed E-state index contributed by atoms with van der Waals surface area (Å²) in [6.07, 6.45) is 2.02. The number of nitrogens with zero attached hydrogens (tertiary/aromatic N) is 2. The van der Waals surface area contributed by atoms with E-state index in [1.54, 1.807) is 66.7 Å². The number of amides is 1. The Balaban J connectivity index is 1.28. The van der Waals surface area contributed by atoms with E-state index in [2.05, 4.69) is 22.1 Å². The van der Waals surface area contributed by atoms with E-state index in [4.69, 9.17) is 46.9 Å². The highest BCUT2D eigenvalue weighted by Gasteiger charge is 2.32. The molecule has 1 amide bonds. The highest BCUT2D eigenvalue weighted by Crippen LogP contribution is 2.35. The van der Waals surface area contributed by atoms with Gasteiger partial charge < -0.3 is 33.9 Å². The number of methoxy groups -OCH3 is 2. The lowest BCUT2D eigenvalue weighted by Gasteiger charge is -2.35. The Morgan fingerprint density at radius 3 is 2.37 bits per heavy atom. The van der Waals surface area contributed by atoms with Crippen molar-refractivity contribution >= 4 is 41.2 Å². The molecule has 0 bridgehead atoms. The minimum Gasteiger partial charge on any atom is -0.493 e. The molecule has 274 valence electrons. The normalized spacial score (nSPS) is 17.0. The molecule has 5 rings (SSSR count). The summed E-state index contributed by atoms with van der Waals surface area (Å²) in [5.74, 6) is -0.0701. The Morgan fingerprint density at radius 2 is 1.65 bits per heavy atom. The number of pyridine rings is 1. The van der Waals surface area contributed by atoms with E-state index < -0.39 is 30.2 Å². The number of hydrogen-bond donors (Lipinski definition) is 1. The lowest BCUT2D eigenvalue weighted by Crippen LogP contribution is -2.45. The maximum Gasteiger partial charge on any atom is 0.408 e. The zero-order valence-corrected chi connectivity index (χ0v) is 30.9. The molecule has 1 fully saturated rings. The molecule has 4 atom stereocenters. The quantitative estimate of drug-likeness (QED) is 0.109. The summed E-state index contributed by atoms with van der Waals surface area (Å²) in [6.45, 7) is 3.40. The topological polar surface area (TPSA) is 126 Å². The van der Waals surface area contributed by atoms with Crippen LogP contribution in [0.25, 0.3) is 0 Å². The van der Waals surface area contributed by atoms with Crippen molar-refractivity contribution in [1.29, 1.82) is 0 Å². The summed E-state index contributed by atoms with van der Waals surface area (Å²) < 4.78 is 28.3. The molecule has 2 heterocycles. The third kappa shape index (κ3) is 9.93. The molecular formula is C39H41Cl2N3O8. The smallest absolute Gasteiger partial charge is 0.408 e. The van der Waals surface area contributed by atoms with E-state index in [1.807, 2.05) is 13.1 Å². The van der Waals surface area contributed by atoms with Gasteiger partial charge >= 0.3 is 18.0 Å². The first kappa shape index (κ1) is 38.4. The predicted octanol–water partition coefficient (Wildman–Crippen LogP) is 7.40. The van der Waals surface area contributed by atoms with Gasteiger partial charge in [-0.25, -0.2) is 14.4 Å². The summed E-state index contributed by atoms with van der Waals surface area (Å²) in [6, 6.07) is 19.5. The van der Waals surface area contributed by atoms with Crippen molar-refractivity contribution in [1.82, 2.24) is 15.2 Å². The van der Waals surface area contributed by atoms with Crippen molar-refractivity contribution in [3.8, 4) is 11.5 Å². The average Bonchev–Trinajstić information content (AvgIpc) is 3.15. The molecular weight excluding hydrogens is 709 g/mol. The van der Waals surface area contributed by atoms with Gasteiger partial charge in [-0.1, -0.05) is 78.7 Å². The highest BCUT2D eigenvalue weighted by atomic mass is 35.5. The number of likely N-dealkylation sites (tertiary alicyclic amines) is 1. The van der Waals surface area contributed by atoms with Crippen LogP contribution >= 0.6 is 23.2 Å². The van der Waals surface area contributed by atoms with Crippen LogP contribution in [0.3, 0.4) is 0 Å².